The quantitative estimate of drug-likeness (QED) is 0.0222. The molecule has 0 rings (SSSR count). The molecule has 0 spiro atoms. The Kier molecular flexibility index (Phi) is 68.1. The van der Waals surface area contributed by atoms with E-state index in [1.807, 2.05) is 0 Å². The van der Waals surface area contributed by atoms with E-state index in [4.69, 9.17) is 37.0 Å². The number of hydrogen-bond acceptors (Lipinski definition) is 15. The average Bonchev–Trinajstić information content (AvgIpc) is 1.66. The van der Waals surface area contributed by atoms with Gasteiger partial charge in [0, 0.05) is 25.7 Å². The zero-order valence-corrected chi connectivity index (χ0v) is 62.7. The maximum Gasteiger partial charge on any atom is 0.472 e. The van der Waals surface area contributed by atoms with Crippen LogP contribution in [0, 0.1) is 0 Å². The van der Waals surface area contributed by atoms with Gasteiger partial charge in [0.25, 0.3) is 0 Å². The summed E-state index contributed by atoms with van der Waals surface area (Å²) in [5.74, 6) is -2.11. The van der Waals surface area contributed by atoms with Crippen LogP contribution in [0.4, 0.5) is 0 Å². The molecular weight excluding hydrogens is 1230 g/mol. The second-order valence-corrected chi connectivity index (χ2v) is 29.9. The summed E-state index contributed by atoms with van der Waals surface area (Å²) < 4.78 is 68.5. The summed E-state index contributed by atoms with van der Waals surface area (Å²) in [5.41, 5.74) is 0. The maximum absolute atomic E-state index is 13.1. The highest BCUT2D eigenvalue weighted by Gasteiger charge is 2.30. The van der Waals surface area contributed by atoms with Gasteiger partial charge >= 0.3 is 39.5 Å². The molecule has 0 saturated carbocycles. The van der Waals surface area contributed by atoms with Crippen LogP contribution in [0.2, 0.25) is 0 Å². The van der Waals surface area contributed by atoms with Crippen molar-refractivity contribution >= 4 is 39.5 Å². The molecule has 17 nitrogen and oxygen atoms in total. The van der Waals surface area contributed by atoms with Gasteiger partial charge in [-0.15, -0.1) is 0 Å². The van der Waals surface area contributed by atoms with Crippen LogP contribution in [0.1, 0.15) is 400 Å². The van der Waals surface area contributed by atoms with Crippen molar-refractivity contribution in [1.82, 2.24) is 0 Å². The third-order valence-corrected chi connectivity index (χ3v) is 19.5. The van der Waals surface area contributed by atoms with E-state index in [1.165, 1.54) is 231 Å². The van der Waals surface area contributed by atoms with E-state index >= 15 is 0 Å². The van der Waals surface area contributed by atoms with Crippen molar-refractivity contribution < 1.29 is 80.2 Å². The van der Waals surface area contributed by atoms with Crippen LogP contribution in [-0.2, 0) is 65.4 Å². The largest absolute Gasteiger partial charge is 0.472 e. The number of aliphatic hydroxyl groups excluding tert-OH is 1. The van der Waals surface area contributed by atoms with Crippen molar-refractivity contribution in [2.24, 2.45) is 0 Å². The van der Waals surface area contributed by atoms with Crippen molar-refractivity contribution in [2.45, 2.75) is 418 Å². The Hall–Kier alpha value is -1.94. The number of carbonyl (C=O) groups is 4. The Balaban J connectivity index is 5.23. The molecule has 0 aromatic rings. The lowest BCUT2D eigenvalue weighted by Crippen LogP contribution is -2.30. The molecule has 2 unspecified atom stereocenters. The van der Waals surface area contributed by atoms with Crippen LogP contribution < -0.4 is 0 Å². The molecule has 0 amide bonds. The molecule has 19 heteroatoms. The number of hydrogen-bond donors (Lipinski definition) is 3. The molecule has 5 atom stereocenters. The lowest BCUT2D eigenvalue weighted by Gasteiger charge is -2.21. The van der Waals surface area contributed by atoms with Gasteiger partial charge in [0.15, 0.2) is 12.2 Å². The van der Waals surface area contributed by atoms with E-state index in [0.717, 1.165) is 89.9 Å². The molecule has 0 aliphatic heterocycles. The first-order chi connectivity index (χ1) is 45.7. The Morgan fingerprint density at radius 1 is 0.255 bits per heavy atom. The lowest BCUT2D eigenvalue weighted by atomic mass is 10.0. The molecule has 558 valence electrons. The van der Waals surface area contributed by atoms with Crippen LogP contribution in [0.15, 0.2) is 0 Å². The van der Waals surface area contributed by atoms with Gasteiger partial charge in [-0.2, -0.15) is 0 Å². The average molecular weight is 1380 g/mol. The van der Waals surface area contributed by atoms with Gasteiger partial charge in [-0.3, -0.25) is 37.3 Å². The predicted octanol–water partition coefficient (Wildman–Crippen LogP) is 22.2. The number of phosphoric acid groups is 2. The van der Waals surface area contributed by atoms with Crippen LogP contribution in [0.25, 0.3) is 0 Å². The third kappa shape index (κ3) is 68.6. The van der Waals surface area contributed by atoms with Crippen molar-refractivity contribution in [1.29, 1.82) is 0 Å². The van der Waals surface area contributed by atoms with Crippen LogP contribution in [0.5, 0.6) is 0 Å². The highest BCUT2D eigenvalue weighted by atomic mass is 31.2. The van der Waals surface area contributed by atoms with E-state index in [0.29, 0.717) is 25.7 Å². The first kappa shape index (κ1) is 92.1. The fourth-order valence-electron chi connectivity index (χ4n) is 11.6. The van der Waals surface area contributed by atoms with Crippen molar-refractivity contribution in [2.75, 3.05) is 39.6 Å². The second kappa shape index (κ2) is 69.5. The lowest BCUT2D eigenvalue weighted by molar-refractivity contribution is -0.161. The number of rotatable bonds is 76. The SMILES string of the molecule is CCCCCCCCCCCCCCCCCCC(=O)O[C@H](COC(=O)CCCCCCCCCCCCCCCCC)COP(=O)(O)OC[C@@H](O)COP(=O)(O)OC[C@@H](COC(=O)CCCCCCCCCCC)OC(=O)CCCCCCCCCCCCCCCC. The number of unbranched alkanes of at least 4 members (excludes halogenated alkanes) is 50. The van der Waals surface area contributed by atoms with Gasteiger partial charge in [-0.1, -0.05) is 349 Å². The number of esters is 4. The third-order valence-electron chi connectivity index (χ3n) is 17.6. The van der Waals surface area contributed by atoms with E-state index in [1.54, 1.807) is 0 Å². The molecule has 0 aromatic heterocycles. The second-order valence-electron chi connectivity index (χ2n) is 27.0. The summed E-state index contributed by atoms with van der Waals surface area (Å²) in [6.07, 6.45) is 59.5. The van der Waals surface area contributed by atoms with Crippen molar-refractivity contribution in [3.8, 4) is 0 Å². The normalized spacial score (nSPS) is 13.9. The fraction of sp³-hybridized carbons (Fsp3) is 0.947. The van der Waals surface area contributed by atoms with Gasteiger partial charge in [-0.25, -0.2) is 9.13 Å². The minimum Gasteiger partial charge on any atom is -0.462 e. The van der Waals surface area contributed by atoms with Gasteiger partial charge in [-0.05, 0) is 25.7 Å². The number of aliphatic hydroxyl groups is 1. The van der Waals surface area contributed by atoms with E-state index < -0.39 is 97.5 Å². The molecule has 0 aromatic carbocycles. The van der Waals surface area contributed by atoms with Gasteiger partial charge < -0.3 is 33.8 Å². The van der Waals surface area contributed by atoms with Crippen LogP contribution >= 0.6 is 15.6 Å². The molecular formula is C75H146O17P2. The zero-order valence-electron chi connectivity index (χ0n) is 60.9. The predicted molar refractivity (Wildman–Crippen MR) is 382 cm³/mol. The first-order valence-corrected chi connectivity index (χ1v) is 42.3. The monoisotopic (exact) mass is 1380 g/mol. The fourth-order valence-corrected chi connectivity index (χ4v) is 13.2. The Morgan fingerprint density at radius 3 is 0.628 bits per heavy atom. The van der Waals surface area contributed by atoms with Crippen LogP contribution in [-0.4, -0.2) is 96.7 Å². The summed E-state index contributed by atoms with van der Waals surface area (Å²) in [5, 5.41) is 10.6. The van der Waals surface area contributed by atoms with Gasteiger partial charge in [0.2, 0.25) is 0 Å². The summed E-state index contributed by atoms with van der Waals surface area (Å²) >= 11 is 0. The molecule has 0 radical (unpaired) electrons. The van der Waals surface area contributed by atoms with Gasteiger partial charge in [0.05, 0.1) is 26.4 Å². The Morgan fingerprint density at radius 2 is 0.426 bits per heavy atom. The molecule has 0 fully saturated rings. The smallest absolute Gasteiger partial charge is 0.462 e. The topological polar surface area (TPSA) is 237 Å². The highest BCUT2D eigenvalue weighted by Crippen LogP contribution is 2.45. The standard InChI is InChI=1S/C75H146O17P2/c1-5-9-13-17-21-25-28-31-34-36-39-42-46-50-54-58-62-75(80)92-71(66-86-73(78)60-56-52-48-44-40-38-35-32-29-26-22-18-14-10-6-2)68-90-94(83,84)88-64-69(76)63-87-93(81,82)89-67-70(65-85-72(77)59-55-51-47-43-24-20-16-12-8-4)91-74(79)61-57-53-49-45-41-37-33-30-27-23-19-15-11-7-3/h69-71,76H,5-68H2,1-4H3,(H,81,82)(H,83,84)/t69-,70+,71+/m0/s1. The zero-order chi connectivity index (χ0) is 69.0. The maximum atomic E-state index is 13.1. The van der Waals surface area contributed by atoms with Crippen molar-refractivity contribution in [3.63, 3.8) is 0 Å². The minimum absolute atomic E-state index is 0.108. The molecule has 0 saturated heterocycles. The minimum atomic E-state index is -4.95. The Bertz CT molecular complexity index is 1790. The van der Waals surface area contributed by atoms with E-state index in [-0.39, 0.29) is 25.7 Å². The van der Waals surface area contributed by atoms with E-state index in [2.05, 4.69) is 27.7 Å². The van der Waals surface area contributed by atoms with Crippen LogP contribution in [0.3, 0.4) is 0 Å². The molecule has 0 heterocycles. The highest BCUT2D eigenvalue weighted by molar-refractivity contribution is 7.47. The molecule has 0 aliphatic rings. The first-order valence-electron chi connectivity index (χ1n) is 39.3. The summed E-state index contributed by atoms with van der Waals surface area (Å²) in [7, 11) is -9.90. The summed E-state index contributed by atoms with van der Waals surface area (Å²) in [4.78, 5) is 72.7. The molecule has 0 bridgehead atoms. The molecule has 0 aliphatic carbocycles. The molecule has 3 N–H and O–H groups in total. The number of phosphoric ester groups is 2. The summed E-state index contributed by atoms with van der Waals surface area (Å²) in [6, 6.07) is 0. The summed E-state index contributed by atoms with van der Waals surface area (Å²) in [6.45, 7) is 4.98. The van der Waals surface area contributed by atoms with Crippen molar-refractivity contribution in [3.05, 3.63) is 0 Å². The molecule has 94 heavy (non-hydrogen) atoms. The van der Waals surface area contributed by atoms with E-state index in [9.17, 15) is 43.2 Å². The number of ether oxygens (including phenoxy) is 4. The Labute approximate surface area is 575 Å². The van der Waals surface area contributed by atoms with Gasteiger partial charge in [0.1, 0.15) is 19.3 Å². The number of carbonyl (C=O) groups excluding carboxylic acids is 4.